The highest BCUT2D eigenvalue weighted by Gasteiger charge is 2.13. The Labute approximate surface area is 120 Å². The Morgan fingerprint density at radius 3 is 2.35 bits per heavy atom. The van der Waals surface area contributed by atoms with Crippen LogP contribution in [-0.2, 0) is 4.79 Å². The number of amides is 1. The SMILES string of the molecule is CCCNc1cc(NCC(=O)NC(C)(C)C)nc(C)n1. The van der Waals surface area contributed by atoms with Crippen molar-refractivity contribution in [1.82, 2.24) is 15.3 Å². The lowest BCUT2D eigenvalue weighted by molar-refractivity contribution is -0.120. The summed E-state index contributed by atoms with van der Waals surface area (Å²) in [6.07, 6.45) is 1.03. The highest BCUT2D eigenvalue weighted by Crippen LogP contribution is 2.10. The predicted octanol–water partition coefficient (Wildman–Crippen LogP) is 1.93. The third-order valence-corrected chi connectivity index (χ3v) is 2.34. The van der Waals surface area contributed by atoms with Gasteiger partial charge < -0.3 is 16.0 Å². The van der Waals surface area contributed by atoms with Crippen LogP contribution in [0.1, 0.15) is 39.9 Å². The second-order valence-electron chi connectivity index (χ2n) is 5.76. The average molecular weight is 279 g/mol. The molecule has 1 heterocycles. The number of carbonyl (C=O) groups excluding carboxylic acids is 1. The summed E-state index contributed by atoms with van der Waals surface area (Å²) in [6, 6.07) is 1.81. The van der Waals surface area contributed by atoms with Crippen molar-refractivity contribution in [3.63, 3.8) is 0 Å². The van der Waals surface area contributed by atoms with Gasteiger partial charge in [0.25, 0.3) is 0 Å². The van der Waals surface area contributed by atoms with Gasteiger partial charge in [-0.15, -0.1) is 0 Å². The molecule has 6 heteroatoms. The van der Waals surface area contributed by atoms with Crippen molar-refractivity contribution in [2.75, 3.05) is 23.7 Å². The Morgan fingerprint density at radius 2 is 1.80 bits per heavy atom. The van der Waals surface area contributed by atoms with Crippen molar-refractivity contribution in [2.24, 2.45) is 0 Å². The summed E-state index contributed by atoms with van der Waals surface area (Å²) in [5.74, 6) is 2.04. The van der Waals surface area contributed by atoms with Crippen molar-refractivity contribution in [2.45, 2.75) is 46.6 Å². The zero-order chi connectivity index (χ0) is 15.2. The van der Waals surface area contributed by atoms with E-state index in [0.29, 0.717) is 11.6 Å². The number of aryl methyl sites for hydroxylation is 1. The zero-order valence-electron chi connectivity index (χ0n) is 13.0. The topological polar surface area (TPSA) is 78.9 Å². The van der Waals surface area contributed by atoms with E-state index in [2.05, 4.69) is 32.8 Å². The molecule has 0 aliphatic rings. The predicted molar refractivity (Wildman–Crippen MR) is 81.9 cm³/mol. The Morgan fingerprint density at radius 1 is 1.20 bits per heavy atom. The van der Waals surface area contributed by atoms with Gasteiger partial charge in [0, 0.05) is 18.2 Å². The average Bonchev–Trinajstić information content (AvgIpc) is 2.31. The number of nitrogens with one attached hydrogen (secondary N) is 3. The van der Waals surface area contributed by atoms with Crippen molar-refractivity contribution >= 4 is 17.5 Å². The minimum absolute atomic E-state index is 0.0585. The van der Waals surface area contributed by atoms with Gasteiger partial charge in [-0.3, -0.25) is 4.79 Å². The maximum Gasteiger partial charge on any atom is 0.239 e. The Kier molecular flexibility index (Phi) is 5.73. The maximum absolute atomic E-state index is 11.7. The van der Waals surface area contributed by atoms with Gasteiger partial charge in [0.15, 0.2) is 0 Å². The number of hydrogen-bond donors (Lipinski definition) is 3. The van der Waals surface area contributed by atoms with Gasteiger partial charge in [0.1, 0.15) is 17.5 Å². The Bertz CT molecular complexity index is 453. The minimum Gasteiger partial charge on any atom is -0.370 e. The third-order valence-electron chi connectivity index (χ3n) is 2.34. The normalized spacial score (nSPS) is 11.1. The summed E-state index contributed by atoms with van der Waals surface area (Å²) in [4.78, 5) is 20.3. The number of rotatable bonds is 6. The van der Waals surface area contributed by atoms with Crippen LogP contribution >= 0.6 is 0 Å². The third kappa shape index (κ3) is 6.36. The van der Waals surface area contributed by atoms with Gasteiger partial charge in [-0.2, -0.15) is 0 Å². The number of anilines is 2. The number of hydrogen-bond acceptors (Lipinski definition) is 5. The molecule has 0 fully saturated rings. The molecule has 112 valence electrons. The summed E-state index contributed by atoms with van der Waals surface area (Å²) in [5.41, 5.74) is -0.228. The molecule has 0 atom stereocenters. The Balaban J connectivity index is 2.59. The molecule has 1 rings (SSSR count). The highest BCUT2D eigenvalue weighted by atomic mass is 16.2. The van der Waals surface area contributed by atoms with Crippen molar-refractivity contribution in [3.05, 3.63) is 11.9 Å². The van der Waals surface area contributed by atoms with E-state index in [9.17, 15) is 4.79 Å². The van der Waals surface area contributed by atoms with E-state index < -0.39 is 0 Å². The van der Waals surface area contributed by atoms with Gasteiger partial charge in [-0.05, 0) is 34.1 Å². The first-order chi connectivity index (χ1) is 9.30. The minimum atomic E-state index is -0.228. The number of nitrogens with zero attached hydrogens (tertiary/aromatic N) is 2. The van der Waals surface area contributed by atoms with Crippen LogP contribution in [0, 0.1) is 6.92 Å². The standard InChI is InChI=1S/C14H25N5O/c1-6-7-15-11-8-12(18-10(2)17-11)16-9-13(20)19-14(3,4)5/h8H,6-7,9H2,1-5H3,(H,19,20)(H2,15,16,17,18). The van der Waals surface area contributed by atoms with E-state index in [1.807, 2.05) is 33.8 Å². The van der Waals surface area contributed by atoms with Crippen LogP contribution in [0.3, 0.4) is 0 Å². The van der Waals surface area contributed by atoms with E-state index >= 15 is 0 Å². The fraction of sp³-hybridized carbons (Fsp3) is 0.643. The summed E-state index contributed by atoms with van der Waals surface area (Å²) >= 11 is 0. The summed E-state index contributed by atoms with van der Waals surface area (Å²) < 4.78 is 0. The van der Waals surface area contributed by atoms with Crippen LogP contribution < -0.4 is 16.0 Å². The van der Waals surface area contributed by atoms with E-state index in [-0.39, 0.29) is 18.0 Å². The van der Waals surface area contributed by atoms with E-state index in [0.717, 1.165) is 18.8 Å². The highest BCUT2D eigenvalue weighted by molar-refractivity contribution is 5.81. The first-order valence-electron chi connectivity index (χ1n) is 6.94. The van der Waals surface area contributed by atoms with Gasteiger partial charge >= 0.3 is 0 Å². The fourth-order valence-corrected chi connectivity index (χ4v) is 1.64. The molecule has 20 heavy (non-hydrogen) atoms. The van der Waals surface area contributed by atoms with E-state index in [1.165, 1.54) is 0 Å². The Hall–Kier alpha value is -1.85. The molecule has 6 nitrogen and oxygen atoms in total. The number of carbonyl (C=O) groups is 1. The summed E-state index contributed by atoms with van der Waals surface area (Å²) in [7, 11) is 0. The molecule has 0 saturated carbocycles. The van der Waals surface area contributed by atoms with Gasteiger partial charge in [0.05, 0.1) is 6.54 Å². The second kappa shape index (κ2) is 7.07. The van der Waals surface area contributed by atoms with Crippen LogP contribution in [0.2, 0.25) is 0 Å². The van der Waals surface area contributed by atoms with E-state index in [4.69, 9.17) is 0 Å². The quantitative estimate of drug-likeness (QED) is 0.741. The van der Waals surface area contributed by atoms with Crippen molar-refractivity contribution in [1.29, 1.82) is 0 Å². The molecule has 1 aromatic heterocycles. The zero-order valence-corrected chi connectivity index (χ0v) is 13.0. The first kappa shape index (κ1) is 16.2. The van der Waals surface area contributed by atoms with Crippen LogP contribution in [0.25, 0.3) is 0 Å². The molecule has 0 spiro atoms. The molecule has 0 aliphatic carbocycles. The molecule has 0 saturated heterocycles. The van der Waals surface area contributed by atoms with Crippen molar-refractivity contribution in [3.8, 4) is 0 Å². The largest absolute Gasteiger partial charge is 0.370 e. The van der Waals surface area contributed by atoms with Gasteiger partial charge in [-0.25, -0.2) is 9.97 Å². The van der Waals surface area contributed by atoms with Crippen LogP contribution in [0.15, 0.2) is 6.07 Å². The molecular weight excluding hydrogens is 254 g/mol. The lowest BCUT2D eigenvalue weighted by atomic mass is 10.1. The molecule has 3 N–H and O–H groups in total. The van der Waals surface area contributed by atoms with Gasteiger partial charge in [0.2, 0.25) is 5.91 Å². The molecule has 0 bridgehead atoms. The molecule has 0 aliphatic heterocycles. The molecule has 0 radical (unpaired) electrons. The lowest BCUT2D eigenvalue weighted by Gasteiger charge is -2.20. The smallest absolute Gasteiger partial charge is 0.239 e. The van der Waals surface area contributed by atoms with Crippen LogP contribution in [0.4, 0.5) is 11.6 Å². The fourth-order valence-electron chi connectivity index (χ4n) is 1.64. The molecular formula is C14H25N5O. The second-order valence-corrected chi connectivity index (χ2v) is 5.76. The van der Waals surface area contributed by atoms with E-state index in [1.54, 1.807) is 0 Å². The maximum atomic E-state index is 11.7. The first-order valence-corrected chi connectivity index (χ1v) is 6.94. The molecule has 1 amide bonds. The monoisotopic (exact) mass is 279 g/mol. The lowest BCUT2D eigenvalue weighted by Crippen LogP contribution is -2.43. The summed E-state index contributed by atoms with van der Waals surface area (Å²) in [6.45, 7) is 10.8. The number of aromatic nitrogens is 2. The molecule has 1 aromatic rings. The summed E-state index contributed by atoms with van der Waals surface area (Å²) in [5, 5.41) is 9.12. The van der Waals surface area contributed by atoms with Gasteiger partial charge in [-0.1, -0.05) is 6.92 Å². The van der Waals surface area contributed by atoms with Crippen LogP contribution in [-0.4, -0.2) is 34.5 Å². The molecule has 0 aromatic carbocycles. The van der Waals surface area contributed by atoms with Crippen molar-refractivity contribution < 1.29 is 4.79 Å². The van der Waals surface area contributed by atoms with Crippen LogP contribution in [0.5, 0.6) is 0 Å². The molecule has 0 unspecified atom stereocenters.